The monoisotopic (exact) mass is 289 g/mol. The number of benzene rings is 2. The van der Waals surface area contributed by atoms with E-state index in [1.807, 2.05) is 25.1 Å². The summed E-state index contributed by atoms with van der Waals surface area (Å²) in [6.07, 6.45) is 0. The minimum Gasteiger partial charge on any atom is -0.348 e. The third kappa shape index (κ3) is 3.29. The van der Waals surface area contributed by atoms with E-state index in [1.54, 1.807) is 24.3 Å². The van der Waals surface area contributed by atoms with Gasteiger partial charge in [0.05, 0.1) is 5.69 Å². The van der Waals surface area contributed by atoms with Gasteiger partial charge < -0.3 is 10.7 Å². The highest BCUT2D eigenvalue weighted by atomic mass is 35.5. The van der Waals surface area contributed by atoms with E-state index in [2.05, 4.69) is 10.7 Å². The molecule has 0 radical (unpaired) electrons. The lowest BCUT2D eigenvalue weighted by molar-refractivity contribution is 0.0951. The number of carbonyl (C=O) groups is 1. The van der Waals surface area contributed by atoms with Crippen molar-refractivity contribution < 1.29 is 4.79 Å². The molecule has 2 rings (SSSR count). The third-order valence-electron chi connectivity index (χ3n) is 3.04. The fourth-order valence-electron chi connectivity index (χ4n) is 1.89. The molecule has 0 fully saturated rings. The average Bonchev–Trinajstić information content (AvgIpc) is 2.46. The largest absolute Gasteiger partial charge is 0.348 e. The van der Waals surface area contributed by atoms with Crippen molar-refractivity contribution in [3.63, 3.8) is 0 Å². The van der Waals surface area contributed by atoms with Gasteiger partial charge in [0.1, 0.15) is 0 Å². The minimum absolute atomic E-state index is 0.142. The zero-order chi connectivity index (χ0) is 14.5. The molecule has 0 saturated heterocycles. The number of nitrogens with one attached hydrogen (secondary N) is 2. The number of nitrogens with two attached hydrogens (primary N) is 1. The van der Waals surface area contributed by atoms with E-state index < -0.39 is 0 Å². The fourth-order valence-corrected chi connectivity index (χ4v) is 2.09. The smallest absolute Gasteiger partial charge is 0.251 e. The Morgan fingerprint density at radius 2 is 2.00 bits per heavy atom. The van der Waals surface area contributed by atoms with Crippen molar-refractivity contribution in [2.24, 2.45) is 5.84 Å². The van der Waals surface area contributed by atoms with Gasteiger partial charge in [0.25, 0.3) is 5.91 Å². The molecule has 2 aromatic carbocycles. The van der Waals surface area contributed by atoms with Gasteiger partial charge in [-0.3, -0.25) is 10.6 Å². The maximum Gasteiger partial charge on any atom is 0.251 e. The summed E-state index contributed by atoms with van der Waals surface area (Å²) in [5.41, 5.74) is 5.77. The maximum absolute atomic E-state index is 12.1. The predicted octanol–water partition coefficient (Wildman–Crippen LogP) is 2.86. The summed E-state index contributed by atoms with van der Waals surface area (Å²) in [5.74, 6) is 5.22. The van der Waals surface area contributed by atoms with E-state index in [-0.39, 0.29) is 5.91 Å². The van der Waals surface area contributed by atoms with E-state index in [9.17, 15) is 4.79 Å². The van der Waals surface area contributed by atoms with Crippen LogP contribution in [0.4, 0.5) is 5.69 Å². The summed E-state index contributed by atoms with van der Waals surface area (Å²) in [5, 5.41) is 3.49. The van der Waals surface area contributed by atoms with Gasteiger partial charge in [-0.1, -0.05) is 29.8 Å². The first-order valence-corrected chi connectivity index (χ1v) is 6.58. The lowest BCUT2D eigenvalue weighted by atomic mass is 10.1. The molecule has 20 heavy (non-hydrogen) atoms. The van der Waals surface area contributed by atoms with Crippen LogP contribution in [0.1, 0.15) is 21.5 Å². The van der Waals surface area contributed by atoms with Crippen LogP contribution >= 0.6 is 11.6 Å². The van der Waals surface area contributed by atoms with Crippen LogP contribution in [0.15, 0.2) is 42.5 Å². The molecule has 0 unspecified atom stereocenters. The van der Waals surface area contributed by atoms with Gasteiger partial charge in [-0.2, -0.15) is 0 Å². The first-order chi connectivity index (χ1) is 9.61. The molecule has 0 bridgehead atoms. The zero-order valence-electron chi connectivity index (χ0n) is 11.1. The third-order valence-corrected chi connectivity index (χ3v) is 3.41. The summed E-state index contributed by atoms with van der Waals surface area (Å²) < 4.78 is 0. The highest BCUT2D eigenvalue weighted by molar-refractivity contribution is 6.31. The summed E-state index contributed by atoms with van der Waals surface area (Å²) in [4.78, 5) is 12.1. The van der Waals surface area contributed by atoms with Crippen molar-refractivity contribution >= 4 is 23.2 Å². The normalized spacial score (nSPS) is 10.2. The highest BCUT2D eigenvalue weighted by Gasteiger charge is 2.08. The van der Waals surface area contributed by atoms with Crippen LogP contribution in [-0.4, -0.2) is 5.91 Å². The molecule has 0 atom stereocenters. The molecule has 0 aliphatic rings. The summed E-state index contributed by atoms with van der Waals surface area (Å²) in [6, 6.07) is 12.7. The number of nitrogen functional groups attached to an aromatic ring is 1. The number of hydrogen-bond donors (Lipinski definition) is 3. The first-order valence-electron chi connectivity index (χ1n) is 6.20. The van der Waals surface area contributed by atoms with Crippen molar-refractivity contribution in [1.82, 2.24) is 5.32 Å². The number of anilines is 1. The number of aryl methyl sites for hydroxylation is 1. The Hall–Kier alpha value is -2.04. The van der Waals surface area contributed by atoms with Gasteiger partial charge in [-0.15, -0.1) is 0 Å². The number of hydrazine groups is 1. The fraction of sp³-hybridized carbons (Fsp3) is 0.133. The van der Waals surface area contributed by atoms with Crippen LogP contribution in [0.5, 0.6) is 0 Å². The van der Waals surface area contributed by atoms with Gasteiger partial charge in [0, 0.05) is 17.1 Å². The van der Waals surface area contributed by atoms with Crippen molar-refractivity contribution in [2.45, 2.75) is 13.5 Å². The summed E-state index contributed by atoms with van der Waals surface area (Å²) >= 11 is 6.05. The Bertz CT molecular complexity index is 628. The zero-order valence-corrected chi connectivity index (χ0v) is 11.9. The number of amides is 1. The van der Waals surface area contributed by atoms with Crippen molar-refractivity contribution in [3.05, 3.63) is 64.2 Å². The lowest BCUT2D eigenvalue weighted by Crippen LogP contribution is -2.23. The molecule has 0 heterocycles. The number of rotatable bonds is 4. The minimum atomic E-state index is -0.142. The highest BCUT2D eigenvalue weighted by Crippen LogP contribution is 2.16. The van der Waals surface area contributed by atoms with Gasteiger partial charge in [-0.25, -0.2) is 0 Å². The van der Waals surface area contributed by atoms with Gasteiger partial charge in [0.2, 0.25) is 0 Å². The van der Waals surface area contributed by atoms with Crippen LogP contribution in [0.25, 0.3) is 0 Å². The predicted molar refractivity (Wildman–Crippen MR) is 81.6 cm³/mol. The van der Waals surface area contributed by atoms with Crippen LogP contribution in [0.2, 0.25) is 5.02 Å². The lowest BCUT2D eigenvalue weighted by Gasteiger charge is -2.09. The van der Waals surface area contributed by atoms with E-state index >= 15 is 0 Å². The van der Waals surface area contributed by atoms with Crippen molar-refractivity contribution in [1.29, 1.82) is 0 Å². The standard InChI is InChI=1S/C15H16ClN3O/c1-10-8-11(6-7-14(10)19-17)15(20)18-9-12-4-2-3-5-13(12)16/h2-8,19H,9,17H2,1H3,(H,18,20). The molecule has 1 amide bonds. The molecule has 0 aromatic heterocycles. The van der Waals surface area contributed by atoms with Gasteiger partial charge in [0.15, 0.2) is 0 Å². The molecule has 0 spiro atoms. The Morgan fingerprint density at radius 1 is 1.25 bits per heavy atom. The number of carbonyl (C=O) groups excluding carboxylic acids is 1. The van der Waals surface area contributed by atoms with Crippen molar-refractivity contribution in [3.8, 4) is 0 Å². The van der Waals surface area contributed by atoms with Crippen LogP contribution in [-0.2, 0) is 6.54 Å². The Labute approximate surface area is 122 Å². The molecular formula is C15H16ClN3O. The topological polar surface area (TPSA) is 67.2 Å². The van der Waals surface area contributed by atoms with E-state index in [0.29, 0.717) is 17.1 Å². The Kier molecular flexibility index (Phi) is 4.61. The number of hydrogen-bond acceptors (Lipinski definition) is 3. The SMILES string of the molecule is Cc1cc(C(=O)NCc2ccccc2Cl)ccc1NN. The second-order valence-electron chi connectivity index (χ2n) is 4.45. The summed E-state index contributed by atoms with van der Waals surface area (Å²) in [6.45, 7) is 2.29. The van der Waals surface area contributed by atoms with Crippen LogP contribution < -0.4 is 16.6 Å². The number of halogens is 1. The van der Waals surface area contributed by atoms with Crippen molar-refractivity contribution in [2.75, 3.05) is 5.43 Å². The van der Waals surface area contributed by atoms with E-state index in [0.717, 1.165) is 16.8 Å². The second-order valence-corrected chi connectivity index (χ2v) is 4.86. The first kappa shape index (κ1) is 14.4. The molecule has 0 saturated carbocycles. The summed E-state index contributed by atoms with van der Waals surface area (Å²) in [7, 11) is 0. The molecule has 5 heteroatoms. The molecule has 0 aliphatic carbocycles. The molecule has 2 aromatic rings. The average molecular weight is 290 g/mol. The quantitative estimate of drug-likeness (QED) is 0.599. The van der Waals surface area contributed by atoms with E-state index in [4.69, 9.17) is 17.4 Å². The van der Waals surface area contributed by atoms with E-state index in [1.165, 1.54) is 0 Å². The molecule has 4 N–H and O–H groups in total. The molecule has 104 valence electrons. The Balaban J connectivity index is 2.05. The van der Waals surface area contributed by atoms with Crippen LogP contribution in [0.3, 0.4) is 0 Å². The maximum atomic E-state index is 12.1. The van der Waals surface area contributed by atoms with Gasteiger partial charge >= 0.3 is 0 Å². The second kappa shape index (κ2) is 6.41. The molecule has 0 aliphatic heterocycles. The Morgan fingerprint density at radius 3 is 2.65 bits per heavy atom. The van der Waals surface area contributed by atoms with Crippen LogP contribution in [0, 0.1) is 6.92 Å². The van der Waals surface area contributed by atoms with Gasteiger partial charge in [-0.05, 0) is 42.3 Å². The molecular weight excluding hydrogens is 274 g/mol. The molecule has 4 nitrogen and oxygen atoms in total.